The second kappa shape index (κ2) is 4.48. The predicted molar refractivity (Wildman–Crippen MR) is 52.1 cm³/mol. The summed E-state index contributed by atoms with van der Waals surface area (Å²) in [5.74, 6) is -0.353. The molecule has 0 unspecified atom stereocenters. The lowest BCUT2D eigenvalue weighted by Crippen LogP contribution is -2.16. The molecule has 0 bridgehead atoms. The van der Waals surface area contributed by atoms with Crippen LogP contribution in [0.1, 0.15) is 12.1 Å². The Morgan fingerprint density at radius 3 is 2.50 bits per heavy atom. The van der Waals surface area contributed by atoms with Gasteiger partial charge in [-0.25, -0.2) is 27.3 Å². The Labute approximate surface area is 95.2 Å². The Morgan fingerprint density at radius 2 is 2.12 bits per heavy atom. The Hall–Kier alpha value is -0.990. The maximum Gasteiger partial charge on any atom is 0.280 e. The molecule has 0 amide bonds. The summed E-state index contributed by atoms with van der Waals surface area (Å²) in [4.78, 5) is 3.20. The van der Waals surface area contributed by atoms with E-state index in [-0.39, 0.29) is 10.8 Å². The molecule has 0 saturated heterocycles. The summed E-state index contributed by atoms with van der Waals surface area (Å²) < 4.78 is 51.5. The maximum atomic E-state index is 12.4. The van der Waals surface area contributed by atoms with E-state index in [0.717, 1.165) is 13.2 Å². The highest BCUT2D eigenvalue weighted by atomic mass is 35.5. The van der Waals surface area contributed by atoms with Crippen molar-refractivity contribution in [2.24, 2.45) is 5.14 Å². The fraction of sp³-hybridized carbons (Fsp3) is 0.286. The molecule has 0 aliphatic carbocycles. The molecular formula is C7H7ClF2N2O3S. The van der Waals surface area contributed by atoms with Crippen LogP contribution in [0, 0.1) is 0 Å². The van der Waals surface area contributed by atoms with Crippen LogP contribution in [0.2, 0.25) is 5.02 Å². The minimum absolute atomic E-state index is 0.295. The third-order valence-corrected chi connectivity index (χ3v) is 2.71. The Kier molecular flexibility index (Phi) is 3.66. The Balaban J connectivity index is 3.56. The third kappa shape index (κ3) is 2.57. The van der Waals surface area contributed by atoms with Gasteiger partial charge in [-0.1, -0.05) is 11.6 Å². The van der Waals surface area contributed by atoms with Gasteiger partial charge in [0, 0.05) is 0 Å². The van der Waals surface area contributed by atoms with Gasteiger partial charge in [-0.3, -0.25) is 0 Å². The highest BCUT2D eigenvalue weighted by Gasteiger charge is 2.23. The van der Waals surface area contributed by atoms with Gasteiger partial charge in [0.25, 0.3) is 16.4 Å². The highest BCUT2D eigenvalue weighted by Crippen LogP contribution is 2.33. The number of nitrogens with two attached hydrogens (primary N) is 1. The Morgan fingerprint density at radius 1 is 1.56 bits per heavy atom. The van der Waals surface area contributed by atoms with Crippen molar-refractivity contribution in [3.8, 4) is 5.75 Å². The van der Waals surface area contributed by atoms with Gasteiger partial charge in [-0.05, 0) is 6.07 Å². The first kappa shape index (κ1) is 13.1. The summed E-state index contributed by atoms with van der Waals surface area (Å²) in [6.07, 6.45) is -2.95. The summed E-state index contributed by atoms with van der Waals surface area (Å²) >= 11 is 5.57. The van der Waals surface area contributed by atoms with E-state index in [2.05, 4.69) is 9.72 Å². The molecule has 0 spiro atoms. The molecule has 0 saturated carbocycles. The number of hydrogen-bond donors (Lipinski definition) is 1. The smallest absolute Gasteiger partial charge is 0.280 e. The van der Waals surface area contributed by atoms with Crippen LogP contribution in [0.15, 0.2) is 11.1 Å². The summed E-state index contributed by atoms with van der Waals surface area (Å²) in [7, 11) is -3.15. The van der Waals surface area contributed by atoms with Crippen molar-refractivity contribution in [1.82, 2.24) is 4.98 Å². The van der Waals surface area contributed by atoms with Gasteiger partial charge in [-0.2, -0.15) is 0 Å². The van der Waals surface area contributed by atoms with Crippen LogP contribution < -0.4 is 9.88 Å². The largest absolute Gasteiger partial charge is 0.492 e. The number of halogens is 3. The lowest BCUT2D eigenvalue weighted by Gasteiger charge is -2.09. The maximum absolute atomic E-state index is 12.4. The van der Waals surface area contributed by atoms with E-state index < -0.39 is 27.2 Å². The molecule has 9 heteroatoms. The fourth-order valence-corrected chi connectivity index (χ4v) is 2.01. The van der Waals surface area contributed by atoms with Crippen LogP contribution in [0.25, 0.3) is 0 Å². The molecule has 1 rings (SSSR count). The van der Waals surface area contributed by atoms with Gasteiger partial charge >= 0.3 is 0 Å². The molecule has 1 aromatic heterocycles. The number of hydrogen-bond acceptors (Lipinski definition) is 4. The van der Waals surface area contributed by atoms with Gasteiger partial charge in [0.1, 0.15) is 5.69 Å². The number of ether oxygens (including phenoxy) is 1. The molecule has 16 heavy (non-hydrogen) atoms. The fourth-order valence-electron chi connectivity index (χ4n) is 0.987. The summed E-state index contributed by atoms with van der Waals surface area (Å²) in [5, 5.41) is 3.70. The number of sulfonamides is 1. The van der Waals surface area contributed by atoms with Crippen molar-refractivity contribution in [3.63, 3.8) is 0 Å². The number of nitrogens with zero attached hydrogens (tertiary/aromatic N) is 1. The zero-order valence-electron chi connectivity index (χ0n) is 7.95. The van der Waals surface area contributed by atoms with E-state index in [4.69, 9.17) is 16.7 Å². The molecule has 0 aliphatic heterocycles. The third-order valence-electron chi connectivity index (χ3n) is 1.61. The molecule has 0 atom stereocenters. The average molecular weight is 273 g/mol. The van der Waals surface area contributed by atoms with Crippen LogP contribution in [-0.4, -0.2) is 20.5 Å². The normalized spacial score (nSPS) is 11.9. The van der Waals surface area contributed by atoms with Crippen molar-refractivity contribution >= 4 is 21.6 Å². The van der Waals surface area contributed by atoms with Crippen LogP contribution in [-0.2, 0) is 10.0 Å². The summed E-state index contributed by atoms with van der Waals surface area (Å²) in [5.41, 5.74) is -0.783. The first-order valence-electron chi connectivity index (χ1n) is 3.82. The van der Waals surface area contributed by atoms with Crippen molar-refractivity contribution in [3.05, 3.63) is 16.8 Å². The van der Waals surface area contributed by atoms with Crippen LogP contribution in [0.3, 0.4) is 0 Å². The first-order valence-corrected chi connectivity index (χ1v) is 5.75. The van der Waals surface area contributed by atoms with Crippen LogP contribution >= 0.6 is 11.6 Å². The number of aromatic nitrogens is 1. The topological polar surface area (TPSA) is 82.3 Å². The quantitative estimate of drug-likeness (QED) is 0.900. The average Bonchev–Trinajstić information content (AvgIpc) is 2.14. The number of pyridine rings is 1. The minimum atomic E-state index is -4.28. The molecule has 1 heterocycles. The molecule has 0 fully saturated rings. The van der Waals surface area contributed by atoms with Gasteiger partial charge in [0.2, 0.25) is 5.03 Å². The second-order valence-corrected chi connectivity index (χ2v) is 4.60. The molecule has 1 aromatic rings. The minimum Gasteiger partial charge on any atom is -0.492 e. The lowest BCUT2D eigenvalue weighted by atomic mass is 10.3. The highest BCUT2D eigenvalue weighted by molar-refractivity contribution is 7.89. The molecular weight excluding hydrogens is 266 g/mol. The van der Waals surface area contributed by atoms with Crippen LogP contribution in [0.4, 0.5) is 8.78 Å². The summed E-state index contributed by atoms with van der Waals surface area (Å²) in [6, 6.07) is 0.819. The van der Waals surface area contributed by atoms with Crippen LogP contribution in [0.5, 0.6) is 5.75 Å². The molecule has 0 aromatic carbocycles. The molecule has 0 radical (unpaired) electrons. The van der Waals surface area contributed by atoms with Gasteiger partial charge < -0.3 is 4.74 Å². The first-order chi connectivity index (χ1) is 7.27. The number of primary sulfonamides is 1. The van der Waals surface area contributed by atoms with E-state index in [9.17, 15) is 17.2 Å². The Bertz CT molecular complexity index is 507. The van der Waals surface area contributed by atoms with E-state index in [1.54, 1.807) is 0 Å². The standard InChI is InChI=1S/C7H7ClF2N2O3S/c1-15-5-3(8)2-4(6(9)10)12-7(5)16(11,13)14/h2,6H,1H3,(H2,11,13,14). The number of methoxy groups -OCH3 is 1. The van der Waals surface area contributed by atoms with E-state index in [0.29, 0.717) is 0 Å². The number of alkyl halides is 2. The number of rotatable bonds is 3. The van der Waals surface area contributed by atoms with Crippen molar-refractivity contribution in [2.45, 2.75) is 11.5 Å². The zero-order chi connectivity index (χ0) is 12.5. The van der Waals surface area contributed by atoms with Crippen molar-refractivity contribution in [2.75, 3.05) is 7.11 Å². The molecule has 0 aliphatic rings. The van der Waals surface area contributed by atoms with Gasteiger partial charge in [0.05, 0.1) is 12.1 Å². The van der Waals surface area contributed by atoms with E-state index >= 15 is 0 Å². The summed E-state index contributed by atoms with van der Waals surface area (Å²) in [6.45, 7) is 0. The molecule has 5 nitrogen and oxygen atoms in total. The van der Waals surface area contributed by atoms with Gasteiger partial charge in [0.15, 0.2) is 5.75 Å². The van der Waals surface area contributed by atoms with Gasteiger partial charge in [-0.15, -0.1) is 0 Å². The predicted octanol–water partition coefficient (Wildman–Crippen LogP) is 1.33. The SMILES string of the molecule is COc1c(Cl)cc(C(F)F)nc1S(N)(=O)=O. The van der Waals surface area contributed by atoms with E-state index in [1.807, 2.05) is 0 Å². The van der Waals surface area contributed by atoms with Crippen molar-refractivity contribution in [1.29, 1.82) is 0 Å². The second-order valence-electron chi connectivity index (χ2n) is 2.71. The molecule has 2 N–H and O–H groups in total. The lowest BCUT2D eigenvalue weighted by molar-refractivity contribution is 0.145. The monoisotopic (exact) mass is 272 g/mol. The molecule has 90 valence electrons. The van der Waals surface area contributed by atoms with E-state index in [1.165, 1.54) is 0 Å². The van der Waals surface area contributed by atoms with Crippen molar-refractivity contribution < 1.29 is 21.9 Å². The zero-order valence-corrected chi connectivity index (χ0v) is 9.52.